The summed E-state index contributed by atoms with van der Waals surface area (Å²) < 4.78 is 0. The van der Waals surface area contributed by atoms with Crippen molar-refractivity contribution in [2.24, 2.45) is 0 Å². The number of nitrogens with one attached hydrogen (secondary N) is 2. The molecule has 112 valence electrons. The number of anilines is 2. The molecule has 1 aliphatic heterocycles. The smallest absolute Gasteiger partial charge is 0.116 e. The van der Waals surface area contributed by atoms with Gasteiger partial charge in [0.2, 0.25) is 0 Å². The normalized spacial score (nSPS) is 15.5. The van der Waals surface area contributed by atoms with Crippen LogP contribution in [-0.4, -0.2) is 12.2 Å². The summed E-state index contributed by atoms with van der Waals surface area (Å²) in [5, 5.41) is 16.5. The van der Waals surface area contributed by atoms with Gasteiger partial charge in [-0.05, 0) is 36.8 Å². The molecule has 0 spiro atoms. The van der Waals surface area contributed by atoms with Crippen LogP contribution in [0.25, 0.3) is 0 Å². The number of fused-ring (bicyclic) bond motifs is 1. The van der Waals surface area contributed by atoms with E-state index in [1.54, 1.807) is 23.9 Å². The van der Waals surface area contributed by atoms with Crippen molar-refractivity contribution in [2.45, 2.75) is 31.0 Å². The molecule has 1 aliphatic rings. The van der Waals surface area contributed by atoms with Crippen molar-refractivity contribution < 1.29 is 5.11 Å². The number of benzene rings is 2. The minimum absolute atomic E-state index is 0.180. The van der Waals surface area contributed by atoms with Gasteiger partial charge in [0.15, 0.2) is 0 Å². The SMILES string of the molecule is CC.CNc1cc(C)ccc1C1Nc2ccc(O)cc2S1. The van der Waals surface area contributed by atoms with E-state index in [0.29, 0.717) is 5.75 Å². The van der Waals surface area contributed by atoms with Gasteiger partial charge in [0.1, 0.15) is 11.1 Å². The summed E-state index contributed by atoms with van der Waals surface area (Å²) in [4.78, 5) is 1.09. The van der Waals surface area contributed by atoms with E-state index in [0.717, 1.165) is 16.3 Å². The number of rotatable bonds is 2. The number of phenolic OH excluding ortho intramolecular Hbond substituents is 1. The third-order valence-electron chi connectivity index (χ3n) is 3.26. The van der Waals surface area contributed by atoms with Crippen molar-refractivity contribution in [3.63, 3.8) is 0 Å². The Morgan fingerprint density at radius 3 is 2.62 bits per heavy atom. The van der Waals surface area contributed by atoms with Crippen LogP contribution < -0.4 is 10.6 Å². The zero-order valence-corrected chi connectivity index (χ0v) is 13.7. The first kappa shape index (κ1) is 15.6. The predicted molar refractivity (Wildman–Crippen MR) is 92.4 cm³/mol. The maximum Gasteiger partial charge on any atom is 0.116 e. The lowest BCUT2D eigenvalue weighted by Crippen LogP contribution is -2.05. The summed E-state index contributed by atoms with van der Waals surface area (Å²) in [6.45, 7) is 6.09. The molecule has 2 aromatic carbocycles. The third kappa shape index (κ3) is 3.27. The maximum absolute atomic E-state index is 9.54. The second kappa shape index (κ2) is 6.76. The van der Waals surface area contributed by atoms with Crippen LogP contribution in [0, 0.1) is 6.92 Å². The van der Waals surface area contributed by atoms with Gasteiger partial charge >= 0.3 is 0 Å². The minimum atomic E-state index is 0.180. The topological polar surface area (TPSA) is 44.3 Å². The fourth-order valence-electron chi connectivity index (χ4n) is 2.28. The Hall–Kier alpha value is -1.81. The molecule has 0 aromatic heterocycles. The van der Waals surface area contributed by atoms with Crippen molar-refractivity contribution in [1.29, 1.82) is 0 Å². The van der Waals surface area contributed by atoms with Gasteiger partial charge in [-0.1, -0.05) is 37.7 Å². The monoisotopic (exact) mass is 302 g/mol. The van der Waals surface area contributed by atoms with Gasteiger partial charge in [-0.2, -0.15) is 0 Å². The van der Waals surface area contributed by atoms with Gasteiger partial charge < -0.3 is 15.7 Å². The number of phenols is 1. The summed E-state index contributed by atoms with van der Waals surface area (Å²) >= 11 is 1.73. The molecule has 0 amide bonds. The number of aromatic hydroxyl groups is 1. The molecule has 0 bridgehead atoms. The Morgan fingerprint density at radius 1 is 1.14 bits per heavy atom. The fraction of sp³-hybridized carbons (Fsp3) is 0.294. The van der Waals surface area contributed by atoms with E-state index >= 15 is 0 Å². The zero-order chi connectivity index (χ0) is 15.4. The van der Waals surface area contributed by atoms with E-state index in [4.69, 9.17) is 0 Å². The third-order valence-corrected chi connectivity index (χ3v) is 4.46. The molecular weight excluding hydrogens is 280 g/mol. The highest BCUT2D eigenvalue weighted by Crippen LogP contribution is 2.49. The molecule has 3 rings (SSSR count). The lowest BCUT2D eigenvalue weighted by molar-refractivity contribution is 0.474. The molecule has 4 heteroatoms. The lowest BCUT2D eigenvalue weighted by atomic mass is 10.1. The molecule has 1 heterocycles. The molecule has 0 fully saturated rings. The second-order valence-corrected chi connectivity index (χ2v) is 5.81. The number of hydrogen-bond donors (Lipinski definition) is 3. The predicted octanol–water partition coefficient (Wildman–Crippen LogP) is 4.98. The first-order chi connectivity index (χ1) is 10.2. The molecule has 3 nitrogen and oxygen atoms in total. The van der Waals surface area contributed by atoms with Crippen LogP contribution in [0.5, 0.6) is 5.75 Å². The molecule has 3 N–H and O–H groups in total. The van der Waals surface area contributed by atoms with Crippen molar-refractivity contribution in [3.8, 4) is 5.75 Å². The molecule has 21 heavy (non-hydrogen) atoms. The van der Waals surface area contributed by atoms with Crippen LogP contribution in [0.2, 0.25) is 0 Å². The molecule has 1 atom stereocenters. The molecule has 0 saturated carbocycles. The number of thioether (sulfide) groups is 1. The van der Waals surface area contributed by atoms with E-state index in [-0.39, 0.29) is 5.37 Å². The minimum Gasteiger partial charge on any atom is -0.508 e. The van der Waals surface area contributed by atoms with Crippen LogP contribution in [0.1, 0.15) is 30.3 Å². The summed E-state index contributed by atoms with van der Waals surface area (Å²) in [5.41, 5.74) is 4.69. The fourth-order valence-corrected chi connectivity index (χ4v) is 3.50. The Kier molecular flexibility index (Phi) is 5.02. The van der Waals surface area contributed by atoms with Crippen LogP contribution >= 0.6 is 11.8 Å². The number of aryl methyl sites for hydroxylation is 1. The molecule has 0 radical (unpaired) electrons. The van der Waals surface area contributed by atoms with E-state index in [9.17, 15) is 5.11 Å². The van der Waals surface area contributed by atoms with Crippen molar-refractivity contribution in [1.82, 2.24) is 0 Å². The number of hydrogen-bond acceptors (Lipinski definition) is 4. The Balaban J connectivity index is 0.000000774. The second-order valence-electron chi connectivity index (χ2n) is 4.66. The van der Waals surface area contributed by atoms with Crippen molar-refractivity contribution in [2.75, 3.05) is 17.7 Å². The van der Waals surface area contributed by atoms with Gasteiger partial charge in [0, 0.05) is 28.9 Å². The standard InChI is InChI=1S/C15H16N2OS.C2H6/c1-9-3-5-11(13(7-9)16-2)15-17-12-6-4-10(18)8-14(12)19-15;1-2/h3-8,15-18H,1-2H3;1-2H3. The Bertz CT molecular complexity index is 628. The highest BCUT2D eigenvalue weighted by atomic mass is 32.2. The van der Waals surface area contributed by atoms with Crippen LogP contribution in [0.4, 0.5) is 11.4 Å². The average Bonchev–Trinajstić information content (AvgIpc) is 2.91. The van der Waals surface area contributed by atoms with Gasteiger partial charge in [0.05, 0.1) is 0 Å². The van der Waals surface area contributed by atoms with Crippen molar-refractivity contribution in [3.05, 3.63) is 47.5 Å². The largest absolute Gasteiger partial charge is 0.508 e. The molecule has 0 aliphatic carbocycles. The van der Waals surface area contributed by atoms with Gasteiger partial charge in [-0.3, -0.25) is 0 Å². The summed E-state index contributed by atoms with van der Waals surface area (Å²) in [6.07, 6.45) is 0. The van der Waals surface area contributed by atoms with Crippen LogP contribution in [0.15, 0.2) is 41.3 Å². The van der Waals surface area contributed by atoms with E-state index < -0.39 is 0 Å². The zero-order valence-electron chi connectivity index (χ0n) is 12.9. The molecular formula is C17H22N2OS. The Morgan fingerprint density at radius 2 is 1.90 bits per heavy atom. The Labute approximate surface area is 130 Å². The van der Waals surface area contributed by atoms with E-state index in [1.165, 1.54) is 11.1 Å². The van der Waals surface area contributed by atoms with E-state index in [1.807, 2.05) is 27.0 Å². The van der Waals surface area contributed by atoms with Gasteiger partial charge in [-0.15, -0.1) is 0 Å². The first-order valence-electron chi connectivity index (χ1n) is 7.22. The maximum atomic E-state index is 9.54. The quantitative estimate of drug-likeness (QED) is 0.684. The summed E-state index contributed by atoms with van der Waals surface area (Å²) in [5.74, 6) is 0.312. The highest BCUT2D eigenvalue weighted by molar-refractivity contribution is 8.00. The van der Waals surface area contributed by atoms with E-state index in [2.05, 4.69) is 35.8 Å². The van der Waals surface area contributed by atoms with Crippen LogP contribution in [-0.2, 0) is 0 Å². The lowest BCUT2D eigenvalue weighted by Gasteiger charge is -2.16. The van der Waals surface area contributed by atoms with Crippen molar-refractivity contribution >= 4 is 23.1 Å². The van der Waals surface area contributed by atoms with Gasteiger partial charge in [0.25, 0.3) is 0 Å². The highest BCUT2D eigenvalue weighted by Gasteiger charge is 2.24. The molecule has 2 aromatic rings. The van der Waals surface area contributed by atoms with Crippen LogP contribution in [0.3, 0.4) is 0 Å². The van der Waals surface area contributed by atoms with Gasteiger partial charge in [-0.25, -0.2) is 0 Å². The summed E-state index contributed by atoms with van der Waals surface area (Å²) in [7, 11) is 1.94. The first-order valence-corrected chi connectivity index (χ1v) is 8.10. The molecule has 1 unspecified atom stereocenters. The molecule has 0 saturated heterocycles. The summed E-state index contributed by atoms with van der Waals surface area (Å²) in [6, 6.07) is 11.9. The average molecular weight is 302 g/mol.